The summed E-state index contributed by atoms with van der Waals surface area (Å²) in [5.41, 5.74) is 5.26. The monoisotopic (exact) mass is 228 g/mol. The van der Waals surface area contributed by atoms with Crippen molar-refractivity contribution >= 4 is 11.8 Å². The quantitative estimate of drug-likeness (QED) is 0.694. The van der Waals surface area contributed by atoms with Crippen LogP contribution >= 0.6 is 0 Å². The van der Waals surface area contributed by atoms with Crippen LogP contribution in [0, 0.1) is 11.8 Å². The van der Waals surface area contributed by atoms with Crippen molar-refractivity contribution in [2.24, 2.45) is 17.6 Å². The first-order valence-electron chi connectivity index (χ1n) is 5.71. The van der Waals surface area contributed by atoms with Crippen LogP contribution in [0.3, 0.4) is 0 Å². The highest BCUT2D eigenvalue weighted by atomic mass is 16.3. The molecule has 0 spiro atoms. The minimum atomic E-state index is -0.303. The zero-order valence-corrected chi connectivity index (χ0v) is 9.69. The topological polar surface area (TPSA) is 83.6 Å². The van der Waals surface area contributed by atoms with Gasteiger partial charge in [0.15, 0.2) is 0 Å². The number of hydrogen-bond donors (Lipinski definition) is 2. The van der Waals surface area contributed by atoms with Crippen molar-refractivity contribution in [2.45, 2.75) is 25.7 Å². The number of primary amides is 1. The van der Waals surface area contributed by atoms with Gasteiger partial charge in [-0.05, 0) is 19.3 Å². The summed E-state index contributed by atoms with van der Waals surface area (Å²) in [4.78, 5) is 24.5. The second kappa shape index (κ2) is 5.84. The van der Waals surface area contributed by atoms with E-state index in [2.05, 4.69) is 0 Å². The second-order valence-corrected chi connectivity index (χ2v) is 4.45. The molecule has 0 saturated heterocycles. The maximum absolute atomic E-state index is 11.9. The molecule has 0 bridgehead atoms. The molecule has 0 aliphatic heterocycles. The smallest absolute Gasteiger partial charge is 0.225 e. The SMILES string of the molecule is CN(CCO)C(=O)C1CCCC(C(N)=O)C1. The van der Waals surface area contributed by atoms with Crippen LogP contribution in [0.5, 0.6) is 0 Å². The fraction of sp³-hybridized carbons (Fsp3) is 0.818. The summed E-state index contributed by atoms with van der Waals surface area (Å²) in [5.74, 6) is -0.560. The van der Waals surface area contributed by atoms with E-state index in [1.807, 2.05) is 0 Å². The number of likely N-dealkylation sites (N-methyl/N-ethyl adjacent to an activating group) is 1. The third-order valence-corrected chi connectivity index (χ3v) is 3.24. The van der Waals surface area contributed by atoms with E-state index in [4.69, 9.17) is 10.8 Å². The molecule has 0 aromatic rings. The molecule has 16 heavy (non-hydrogen) atoms. The molecule has 1 aliphatic carbocycles. The van der Waals surface area contributed by atoms with Gasteiger partial charge >= 0.3 is 0 Å². The van der Waals surface area contributed by atoms with Gasteiger partial charge in [-0.2, -0.15) is 0 Å². The first kappa shape index (κ1) is 13.0. The third-order valence-electron chi connectivity index (χ3n) is 3.24. The Balaban J connectivity index is 2.53. The van der Waals surface area contributed by atoms with Crippen molar-refractivity contribution in [3.8, 4) is 0 Å². The highest BCUT2D eigenvalue weighted by Crippen LogP contribution is 2.29. The van der Waals surface area contributed by atoms with Crippen LogP contribution in [0.15, 0.2) is 0 Å². The van der Waals surface area contributed by atoms with Crippen LogP contribution in [0.1, 0.15) is 25.7 Å². The van der Waals surface area contributed by atoms with E-state index in [1.165, 1.54) is 4.90 Å². The summed E-state index contributed by atoms with van der Waals surface area (Å²) < 4.78 is 0. The summed E-state index contributed by atoms with van der Waals surface area (Å²) in [5, 5.41) is 8.76. The van der Waals surface area contributed by atoms with E-state index in [0.717, 1.165) is 19.3 Å². The van der Waals surface area contributed by atoms with E-state index in [-0.39, 0.29) is 30.3 Å². The molecule has 1 fully saturated rings. The molecule has 92 valence electrons. The zero-order valence-electron chi connectivity index (χ0n) is 9.69. The number of aliphatic hydroxyl groups excluding tert-OH is 1. The molecule has 1 saturated carbocycles. The van der Waals surface area contributed by atoms with E-state index in [9.17, 15) is 9.59 Å². The molecule has 0 radical (unpaired) electrons. The van der Waals surface area contributed by atoms with Gasteiger partial charge in [0.1, 0.15) is 0 Å². The van der Waals surface area contributed by atoms with Crippen LogP contribution in [0.25, 0.3) is 0 Å². The number of hydrogen-bond acceptors (Lipinski definition) is 3. The third kappa shape index (κ3) is 3.20. The average Bonchev–Trinajstić information content (AvgIpc) is 2.28. The van der Waals surface area contributed by atoms with E-state index in [1.54, 1.807) is 7.05 Å². The molecule has 2 unspecified atom stereocenters. The highest BCUT2D eigenvalue weighted by Gasteiger charge is 2.31. The first-order valence-corrected chi connectivity index (χ1v) is 5.71. The summed E-state index contributed by atoms with van der Waals surface area (Å²) in [7, 11) is 1.67. The number of nitrogens with two attached hydrogens (primary N) is 1. The number of carbonyl (C=O) groups is 2. The normalized spacial score (nSPS) is 25.1. The Morgan fingerprint density at radius 3 is 2.56 bits per heavy atom. The minimum Gasteiger partial charge on any atom is -0.395 e. The average molecular weight is 228 g/mol. The standard InChI is InChI=1S/C11H20N2O3/c1-13(5-6-14)11(16)9-4-2-3-8(7-9)10(12)15/h8-9,14H,2-7H2,1H3,(H2,12,15). The molecular weight excluding hydrogens is 208 g/mol. The Bertz CT molecular complexity index is 268. The Hall–Kier alpha value is -1.10. The van der Waals surface area contributed by atoms with Crippen molar-refractivity contribution in [2.75, 3.05) is 20.2 Å². The molecule has 0 heterocycles. The predicted molar refractivity (Wildman–Crippen MR) is 59.4 cm³/mol. The van der Waals surface area contributed by atoms with Gasteiger partial charge in [0.05, 0.1) is 6.61 Å². The number of rotatable bonds is 4. The summed E-state index contributed by atoms with van der Waals surface area (Å²) in [6, 6.07) is 0. The summed E-state index contributed by atoms with van der Waals surface area (Å²) in [6.45, 7) is 0.310. The summed E-state index contributed by atoms with van der Waals surface area (Å²) in [6.07, 6.45) is 3.04. The molecule has 1 aliphatic rings. The van der Waals surface area contributed by atoms with E-state index in [0.29, 0.717) is 13.0 Å². The van der Waals surface area contributed by atoms with Gasteiger partial charge in [0.25, 0.3) is 0 Å². The summed E-state index contributed by atoms with van der Waals surface area (Å²) >= 11 is 0. The Kier molecular flexibility index (Phi) is 4.73. The number of nitrogens with zero attached hydrogens (tertiary/aromatic N) is 1. The van der Waals surface area contributed by atoms with Crippen LogP contribution in [-0.2, 0) is 9.59 Å². The molecule has 1 rings (SSSR count). The maximum atomic E-state index is 11.9. The van der Waals surface area contributed by atoms with Crippen molar-refractivity contribution < 1.29 is 14.7 Å². The van der Waals surface area contributed by atoms with Crippen LogP contribution in [0.4, 0.5) is 0 Å². The molecule has 5 heteroatoms. The van der Waals surface area contributed by atoms with Gasteiger partial charge in [-0.1, -0.05) is 6.42 Å². The minimum absolute atomic E-state index is 0.0139. The molecule has 0 aromatic carbocycles. The number of carbonyl (C=O) groups excluding carboxylic acids is 2. The van der Waals surface area contributed by atoms with Gasteiger partial charge < -0.3 is 15.7 Å². The molecule has 3 N–H and O–H groups in total. The van der Waals surface area contributed by atoms with Crippen LogP contribution in [0.2, 0.25) is 0 Å². The van der Waals surface area contributed by atoms with E-state index >= 15 is 0 Å². The van der Waals surface area contributed by atoms with Gasteiger partial charge in [0.2, 0.25) is 11.8 Å². The lowest BCUT2D eigenvalue weighted by Gasteiger charge is -2.29. The fourth-order valence-corrected chi connectivity index (χ4v) is 2.24. The molecular formula is C11H20N2O3. The lowest BCUT2D eigenvalue weighted by Crippen LogP contribution is -2.39. The van der Waals surface area contributed by atoms with Crippen molar-refractivity contribution in [3.63, 3.8) is 0 Å². The van der Waals surface area contributed by atoms with Crippen LogP contribution < -0.4 is 5.73 Å². The van der Waals surface area contributed by atoms with Crippen LogP contribution in [-0.4, -0.2) is 42.0 Å². The van der Waals surface area contributed by atoms with Crippen molar-refractivity contribution in [1.82, 2.24) is 4.90 Å². The Morgan fingerprint density at radius 2 is 2.00 bits per heavy atom. The zero-order chi connectivity index (χ0) is 12.1. The maximum Gasteiger partial charge on any atom is 0.225 e. The van der Waals surface area contributed by atoms with Crippen molar-refractivity contribution in [1.29, 1.82) is 0 Å². The number of aliphatic hydroxyl groups is 1. The Morgan fingerprint density at radius 1 is 1.38 bits per heavy atom. The molecule has 2 atom stereocenters. The predicted octanol–water partition coefficient (Wildman–Crippen LogP) is -0.271. The largest absolute Gasteiger partial charge is 0.395 e. The lowest BCUT2D eigenvalue weighted by atomic mass is 9.80. The van der Waals surface area contributed by atoms with Gasteiger partial charge in [0, 0.05) is 25.4 Å². The second-order valence-electron chi connectivity index (χ2n) is 4.45. The lowest BCUT2D eigenvalue weighted by molar-refractivity contribution is -0.137. The highest BCUT2D eigenvalue weighted by molar-refractivity contribution is 5.81. The first-order chi connectivity index (χ1) is 7.56. The molecule has 5 nitrogen and oxygen atoms in total. The van der Waals surface area contributed by atoms with Gasteiger partial charge in [-0.15, -0.1) is 0 Å². The van der Waals surface area contributed by atoms with Gasteiger partial charge in [-0.25, -0.2) is 0 Å². The van der Waals surface area contributed by atoms with Crippen molar-refractivity contribution in [3.05, 3.63) is 0 Å². The fourth-order valence-electron chi connectivity index (χ4n) is 2.24. The Labute approximate surface area is 95.6 Å². The molecule has 2 amide bonds. The van der Waals surface area contributed by atoms with Gasteiger partial charge in [-0.3, -0.25) is 9.59 Å². The molecule has 0 aromatic heterocycles. The van der Waals surface area contributed by atoms with E-state index < -0.39 is 0 Å². The number of amides is 2.